The highest BCUT2D eigenvalue weighted by Crippen LogP contribution is 2.33. The zero-order valence-corrected chi connectivity index (χ0v) is 19.6. The van der Waals surface area contributed by atoms with E-state index in [1.54, 1.807) is 0 Å². The molecule has 1 aliphatic heterocycles. The lowest BCUT2D eigenvalue weighted by Gasteiger charge is -2.33. The Balaban J connectivity index is 1.16. The van der Waals surface area contributed by atoms with Crippen molar-refractivity contribution in [3.05, 3.63) is 60.3 Å². The quantitative estimate of drug-likeness (QED) is 0.459. The summed E-state index contributed by atoms with van der Waals surface area (Å²) in [6.07, 6.45) is 9.43. The van der Waals surface area contributed by atoms with Gasteiger partial charge in [0.15, 0.2) is 11.5 Å². The molecular formula is C28H35N3O2. The van der Waals surface area contributed by atoms with Gasteiger partial charge in [0.25, 0.3) is 0 Å². The maximum absolute atomic E-state index is 6.25. The number of piperidine rings is 1. The Kier molecular flexibility index (Phi) is 6.96. The Bertz CT molecular complexity index is 1060. The van der Waals surface area contributed by atoms with Gasteiger partial charge in [-0.1, -0.05) is 24.3 Å². The van der Waals surface area contributed by atoms with Crippen molar-refractivity contribution in [2.45, 2.75) is 64.1 Å². The van der Waals surface area contributed by atoms with Crippen LogP contribution in [0, 0.1) is 0 Å². The van der Waals surface area contributed by atoms with Crippen molar-refractivity contribution in [3.63, 3.8) is 0 Å². The molecule has 0 bridgehead atoms. The molecule has 1 saturated carbocycles. The summed E-state index contributed by atoms with van der Waals surface area (Å²) in [5.41, 5.74) is 3.46. The van der Waals surface area contributed by atoms with Crippen molar-refractivity contribution in [3.8, 4) is 11.5 Å². The van der Waals surface area contributed by atoms with Crippen LogP contribution in [0.4, 0.5) is 5.69 Å². The molecule has 2 aromatic carbocycles. The second kappa shape index (κ2) is 10.4. The highest BCUT2D eigenvalue weighted by molar-refractivity contribution is 5.81. The molecule has 0 radical (unpaired) electrons. The van der Waals surface area contributed by atoms with Crippen LogP contribution in [0.1, 0.15) is 51.0 Å². The van der Waals surface area contributed by atoms with Crippen LogP contribution in [0.5, 0.6) is 11.5 Å². The van der Waals surface area contributed by atoms with E-state index in [2.05, 4.69) is 57.7 Å². The van der Waals surface area contributed by atoms with E-state index in [1.165, 1.54) is 23.8 Å². The molecule has 33 heavy (non-hydrogen) atoms. The molecule has 0 amide bonds. The summed E-state index contributed by atoms with van der Waals surface area (Å²) >= 11 is 0. The topological polar surface area (TPSA) is 46.6 Å². The molecule has 1 saturated heterocycles. The molecular weight excluding hydrogens is 410 g/mol. The van der Waals surface area contributed by atoms with Gasteiger partial charge in [0, 0.05) is 31.1 Å². The number of rotatable bonds is 8. The predicted octanol–water partition coefficient (Wildman–Crippen LogP) is 6.03. The number of nitrogens with zero attached hydrogens (tertiary/aromatic N) is 2. The fourth-order valence-corrected chi connectivity index (χ4v) is 5.08. The number of benzene rings is 2. The van der Waals surface area contributed by atoms with Crippen LogP contribution in [0.25, 0.3) is 10.9 Å². The van der Waals surface area contributed by atoms with Crippen LogP contribution in [-0.2, 0) is 6.54 Å². The second-order valence-corrected chi connectivity index (χ2v) is 9.35. The monoisotopic (exact) mass is 445 g/mol. The number of anilines is 1. The Hall–Kier alpha value is -2.79. The van der Waals surface area contributed by atoms with Gasteiger partial charge in [0.05, 0.1) is 30.1 Å². The summed E-state index contributed by atoms with van der Waals surface area (Å²) in [5, 5.41) is 4.88. The van der Waals surface area contributed by atoms with Crippen molar-refractivity contribution in [2.24, 2.45) is 0 Å². The zero-order valence-electron chi connectivity index (χ0n) is 19.6. The molecule has 0 unspecified atom stereocenters. The van der Waals surface area contributed by atoms with Crippen molar-refractivity contribution in [2.75, 3.05) is 25.0 Å². The van der Waals surface area contributed by atoms with Crippen LogP contribution in [0.15, 0.2) is 54.7 Å². The maximum Gasteiger partial charge on any atom is 0.161 e. The maximum atomic E-state index is 6.25. The summed E-state index contributed by atoms with van der Waals surface area (Å²) < 4.78 is 12.2. The van der Waals surface area contributed by atoms with Crippen LogP contribution < -0.4 is 14.8 Å². The molecule has 1 aromatic heterocycles. The Morgan fingerprint density at radius 2 is 1.79 bits per heavy atom. The van der Waals surface area contributed by atoms with Gasteiger partial charge < -0.3 is 14.8 Å². The number of nitrogens with one attached hydrogen (secondary N) is 1. The Morgan fingerprint density at radius 1 is 0.970 bits per heavy atom. The van der Waals surface area contributed by atoms with Gasteiger partial charge in [-0.25, -0.2) is 0 Å². The number of likely N-dealkylation sites (tertiary alicyclic amines) is 1. The van der Waals surface area contributed by atoms with Crippen LogP contribution in [0.2, 0.25) is 0 Å². The molecule has 3 aromatic rings. The van der Waals surface area contributed by atoms with E-state index >= 15 is 0 Å². The summed E-state index contributed by atoms with van der Waals surface area (Å²) in [6, 6.07) is 17.5. The largest absolute Gasteiger partial charge is 0.490 e. The van der Waals surface area contributed by atoms with E-state index in [1.807, 2.05) is 19.2 Å². The second-order valence-electron chi connectivity index (χ2n) is 9.35. The lowest BCUT2D eigenvalue weighted by atomic mass is 10.0. The first-order valence-electron chi connectivity index (χ1n) is 12.5. The molecule has 0 atom stereocenters. The van der Waals surface area contributed by atoms with E-state index in [4.69, 9.17) is 9.47 Å². The molecule has 2 fully saturated rings. The van der Waals surface area contributed by atoms with E-state index in [0.717, 1.165) is 68.0 Å². The first-order chi connectivity index (χ1) is 16.3. The first kappa shape index (κ1) is 22.0. The molecule has 0 spiro atoms. The molecule has 5 heteroatoms. The van der Waals surface area contributed by atoms with Gasteiger partial charge in [0.1, 0.15) is 0 Å². The normalized spacial score (nSPS) is 18.0. The molecule has 174 valence electrons. The molecule has 1 N–H and O–H groups in total. The van der Waals surface area contributed by atoms with E-state index < -0.39 is 0 Å². The van der Waals surface area contributed by atoms with Gasteiger partial charge in [-0.15, -0.1) is 0 Å². The fraction of sp³-hybridized carbons (Fsp3) is 0.464. The summed E-state index contributed by atoms with van der Waals surface area (Å²) in [5.74, 6) is 1.79. The third-order valence-electron chi connectivity index (χ3n) is 6.86. The summed E-state index contributed by atoms with van der Waals surface area (Å²) in [6.45, 7) is 5.82. The van der Waals surface area contributed by atoms with E-state index in [-0.39, 0.29) is 0 Å². The highest BCUT2D eigenvalue weighted by Gasteiger charge is 2.21. The van der Waals surface area contributed by atoms with Crippen LogP contribution >= 0.6 is 0 Å². The molecule has 2 aliphatic rings. The van der Waals surface area contributed by atoms with Gasteiger partial charge in [0.2, 0.25) is 0 Å². The number of hydrogen-bond acceptors (Lipinski definition) is 5. The van der Waals surface area contributed by atoms with Gasteiger partial charge in [-0.05, 0) is 75.3 Å². The molecule has 5 nitrogen and oxygen atoms in total. The number of para-hydroxylation sites is 1. The minimum absolute atomic E-state index is 0.347. The van der Waals surface area contributed by atoms with Gasteiger partial charge >= 0.3 is 0 Å². The number of fused-ring (bicyclic) bond motifs is 1. The third-order valence-corrected chi connectivity index (χ3v) is 6.86. The minimum atomic E-state index is 0.347. The van der Waals surface area contributed by atoms with Crippen LogP contribution in [0.3, 0.4) is 0 Å². The fourth-order valence-electron chi connectivity index (χ4n) is 5.08. The number of pyridine rings is 1. The van der Waals surface area contributed by atoms with Crippen molar-refractivity contribution in [1.29, 1.82) is 0 Å². The van der Waals surface area contributed by atoms with E-state index in [0.29, 0.717) is 18.8 Å². The SMILES string of the molecule is CCOc1cc(CN2CCC(Nc3cnc4ccccc4c3)CC2)ccc1OC1CCCC1. The first-order valence-corrected chi connectivity index (χ1v) is 12.5. The standard InChI is InChI=1S/C28H35N3O2/c1-2-32-28-17-21(11-12-27(28)33-25-8-4-5-9-25)20-31-15-13-23(14-16-31)30-24-18-22-7-3-6-10-26(22)29-19-24/h3,6-7,10-12,17-19,23,25,30H,2,4-5,8-9,13-16,20H2,1H3. The van der Waals surface area contributed by atoms with Crippen molar-refractivity contribution in [1.82, 2.24) is 9.88 Å². The van der Waals surface area contributed by atoms with Gasteiger partial charge in [-0.2, -0.15) is 0 Å². The third kappa shape index (κ3) is 5.59. The van der Waals surface area contributed by atoms with E-state index in [9.17, 15) is 0 Å². The number of ether oxygens (including phenoxy) is 2. The average Bonchev–Trinajstić information content (AvgIpc) is 3.35. The lowest BCUT2D eigenvalue weighted by Crippen LogP contribution is -2.38. The average molecular weight is 446 g/mol. The molecule has 5 rings (SSSR count). The molecule has 1 aliphatic carbocycles. The van der Waals surface area contributed by atoms with Gasteiger partial charge in [-0.3, -0.25) is 9.88 Å². The smallest absolute Gasteiger partial charge is 0.161 e. The minimum Gasteiger partial charge on any atom is -0.490 e. The Morgan fingerprint density at radius 3 is 2.61 bits per heavy atom. The number of hydrogen-bond donors (Lipinski definition) is 1. The highest BCUT2D eigenvalue weighted by atomic mass is 16.5. The number of aromatic nitrogens is 1. The Labute approximate surface area is 197 Å². The zero-order chi connectivity index (χ0) is 22.5. The predicted molar refractivity (Wildman–Crippen MR) is 134 cm³/mol. The summed E-state index contributed by atoms with van der Waals surface area (Å²) in [4.78, 5) is 7.13. The lowest BCUT2D eigenvalue weighted by molar-refractivity contribution is 0.195. The van der Waals surface area contributed by atoms with Crippen LogP contribution in [-0.4, -0.2) is 41.7 Å². The van der Waals surface area contributed by atoms with Crippen molar-refractivity contribution < 1.29 is 9.47 Å². The summed E-state index contributed by atoms with van der Waals surface area (Å²) in [7, 11) is 0. The molecule has 2 heterocycles. The van der Waals surface area contributed by atoms with Crippen molar-refractivity contribution >= 4 is 16.6 Å².